The van der Waals surface area contributed by atoms with Crippen LogP contribution in [0.2, 0.25) is 0 Å². The molecule has 0 radical (unpaired) electrons. The van der Waals surface area contributed by atoms with E-state index in [1.807, 2.05) is 32.2 Å². The summed E-state index contributed by atoms with van der Waals surface area (Å²) in [4.78, 5) is 21.4. The maximum atomic E-state index is 13.0. The molecule has 0 bridgehead atoms. The Morgan fingerprint density at radius 2 is 2.03 bits per heavy atom. The summed E-state index contributed by atoms with van der Waals surface area (Å²) in [7, 11) is -3.43. The Bertz CT molecular complexity index is 1020. The lowest BCUT2D eigenvalue weighted by Crippen LogP contribution is -2.63. The topological polar surface area (TPSA) is 119 Å². The average molecular weight is 450 g/mol. The van der Waals surface area contributed by atoms with Crippen LogP contribution in [0.15, 0.2) is 24.5 Å². The van der Waals surface area contributed by atoms with Crippen LogP contribution < -0.4 is 5.32 Å². The molecule has 4 heterocycles. The molecule has 2 aromatic heterocycles. The molecule has 1 atom stereocenters. The van der Waals surface area contributed by atoms with Crippen LogP contribution in [0.1, 0.15) is 38.2 Å². The minimum absolute atomic E-state index is 0.101. The molecule has 170 valence electrons. The number of aromatic nitrogens is 2. The number of urea groups is 1. The zero-order valence-electron chi connectivity index (χ0n) is 18.0. The Morgan fingerprint density at radius 1 is 1.32 bits per heavy atom. The first kappa shape index (κ1) is 22.0. The fourth-order valence-corrected chi connectivity index (χ4v) is 6.29. The Morgan fingerprint density at radius 3 is 2.68 bits per heavy atom. The number of carbonyl (C=O) groups is 1. The highest BCUT2D eigenvalue weighted by atomic mass is 32.2. The third-order valence-electron chi connectivity index (χ3n) is 6.60. The van der Waals surface area contributed by atoms with E-state index in [9.17, 15) is 18.3 Å². The van der Waals surface area contributed by atoms with Gasteiger partial charge in [-0.2, -0.15) is 0 Å². The van der Waals surface area contributed by atoms with Crippen LogP contribution in [0.4, 0.5) is 4.79 Å². The van der Waals surface area contributed by atoms with E-state index in [1.165, 1.54) is 10.5 Å². The number of H-pyrrole nitrogens is 1. The largest absolute Gasteiger partial charge is 0.394 e. The van der Waals surface area contributed by atoms with Crippen LogP contribution in [-0.2, 0) is 10.0 Å². The van der Waals surface area contributed by atoms with Gasteiger partial charge in [0.15, 0.2) is 0 Å². The first-order valence-corrected chi connectivity index (χ1v) is 12.4. The van der Waals surface area contributed by atoms with Crippen molar-refractivity contribution in [3.05, 3.63) is 30.1 Å². The van der Waals surface area contributed by atoms with Gasteiger partial charge in [-0.15, -0.1) is 0 Å². The van der Waals surface area contributed by atoms with Crippen LogP contribution >= 0.6 is 0 Å². The molecule has 2 saturated heterocycles. The van der Waals surface area contributed by atoms with E-state index < -0.39 is 15.3 Å². The number of likely N-dealkylation sites (tertiary alicyclic amines) is 1. The van der Waals surface area contributed by atoms with Gasteiger partial charge in [0.25, 0.3) is 0 Å². The number of aliphatic hydroxyl groups is 1. The molecule has 2 aliphatic heterocycles. The predicted molar refractivity (Wildman–Crippen MR) is 118 cm³/mol. The number of piperidine rings is 1. The second-order valence-corrected chi connectivity index (χ2v) is 11.1. The van der Waals surface area contributed by atoms with Gasteiger partial charge in [-0.3, -0.25) is 0 Å². The van der Waals surface area contributed by atoms with Crippen LogP contribution in [-0.4, -0.2) is 82.8 Å². The summed E-state index contributed by atoms with van der Waals surface area (Å²) >= 11 is 0. The van der Waals surface area contributed by atoms with Crippen molar-refractivity contribution >= 4 is 27.1 Å². The van der Waals surface area contributed by atoms with E-state index in [0.29, 0.717) is 19.0 Å². The molecule has 4 rings (SSSR count). The summed E-state index contributed by atoms with van der Waals surface area (Å²) in [5, 5.41) is 12.7. The number of hydrogen-bond acceptors (Lipinski definition) is 5. The van der Waals surface area contributed by atoms with Crippen molar-refractivity contribution in [2.45, 2.75) is 43.9 Å². The van der Waals surface area contributed by atoms with Gasteiger partial charge in [0.05, 0.1) is 12.6 Å². The fraction of sp³-hybridized carbons (Fsp3) is 0.619. The molecule has 2 aromatic rings. The first-order chi connectivity index (χ1) is 14.8. The molecule has 9 nitrogen and oxygen atoms in total. The zero-order valence-corrected chi connectivity index (χ0v) is 18.8. The maximum Gasteiger partial charge on any atom is 0.317 e. The van der Waals surface area contributed by atoms with Crippen molar-refractivity contribution in [3.8, 4) is 0 Å². The van der Waals surface area contributed by atoms with E-state index in [1.54, 1.807) is 10.5 Å². The highest BCUT2D eigenvalue weighted by molar-refractivity contribution is 7.89. The molecule has 0 aliphatic carbocycles. The van der Waals surface area contributed by atoms with Crippen molar-refractivity contribution in [1.29, 1.82) is 0 Å². The molecular formula is C21H31N5O4S. The summed E-state index contributed by atoms with van der Waals surface area (Å²) in [6.07, 6.45) is 5.29. The molecule has 0 unspecified atom stereocenters. The third-order valence-corrected chi connectivity index (χ3v) is 8.83. The highest BCUT2D eigenvalue weighted by Crippen LogP contribution is 2.34. The molecule has 3 N–H and O–H groups in total. The SMILES string of the molecule is CC(C)[C@H](CO)NC(=O)N1CC(S(=O)(=O)N2CCC(c3c[nH]c4ncccc34)CC2)C1. The Labute approximate surface area is 182 Å². The van der Waals surface area contributed by atoms with Gasteiger partial charge < -0.3 is 20.3 Å². The molecule has 0 spiro atoms. The van der Waals surface area contributed by atoms with E-state index in [2.05, 4.69) is 15.3 Å². The molecule has 0 saturated carbocycles. The molecule has 0 aromatic carbocycles. The second-order valence-electron chi connectivity index (χ2n) is 8.87. The number of pyridine rings is 1. The van der Waals surface area contributed by atoms with Crippen LogP contribution in [0.3, 0.4) is 0 Å². The maximum absolute atomic E-state index is 13.0. The second kappa shape index (κ2) is 8.76. The quantitative estimate of drug-likeness (QED) is 0.617. The van der Waals surface area contributed by atoms with Gasteiger partial charge in [-0.1, -0.05) is 13.8 Å². The number of rotatable bonds is 6. The van der Waals surface area contributed by atoms with Gasteiger partial charge in [0.1, 0.15) is 10.9 Å². The lowest BCUT2D eigenvalue weighted by Gasteiger charge is -2.42. The van der Waals surface area contributed by atoms with Crippen LogP contribution in [0, 0.1) is 5.92 Å². The number of nitrogens with zero attached hydrogens (tertiary/aromatic N) is 3. The smallest absolute Gasteiger partial charge is 0.317 e. The van der Waals surface area contributed by atoms with Gasteiger partial charge in [0.2, 0.25) is 10.0 Å². The Hall–Kier alpha value is -2.17. The molecular weight excluding hydrogens is 418 g/mol. The normalized spacial score (nSPS) is 20.2. The summed E-state index contributed by atoms with van der Waals surface area (Å²) in [5.74, 6) is 0.406. The molecule has 2 aliphatic rings. The number of hydrogen-bond donors (Lipinski definition) is 3. The zero-order chi connectivity index (χ0) is 22.2. The number of sulfonamides is 1. The summed E-state index contributed by atoms with van der Waals surface area (Å²) in [6.45, 7) is 5.06. The molecule has 10 heteroatoms. The Kier molecular flexibility index (Phi) is 6.23. The number of nitrogens with one attached hydrogen (secondary N) is 2. The number of amides is 2. The number of aliphatic hydroxyl groups excluding tert-OH is 1. The summed E-state index contributed by atoms with van der Waals surface area (Å²) in [6, 6.07) is 3.32. The first-order valence-electron chi connectivity index (χ1n) is 10.9. The van der Waals surface area contributed by atoms with Crippen molar-refractivity contribution in [3.63, 3.8) is 0 Å². The van der Waals surface area contributed by atoms with Crippen molar-refractivity contribution < 1.29 is 18.3 Å². The van der Waals surface area contributed by atoms with Gasteiger partial charge in [0, 0.05) is 44.0 Å². The fourth-order valence-electron chi connectivity index (χ4n) is 4.41. The lowest BCUT2D eigenvalue weighted by atomic mass is 9.90. The predicted octanol–water partition coefficient (Wildman–Crippen LogP) is 1.48. The van der Waals surface area contributed by atoms with E-state index >= 15 is 0 Å². The summed E-state index contributed by atoms with van der Waals surface area (Å²) in [5.41, 5.74) is 2.07. The number of fused-ring (bicyclic) bond motifs is 1. The van der Waals surface area contributed by atoms with Crippen LogP contribution in [0.25, 0.3) is 11.0 Å². The number of aromatic amines is 1. The van der Waals surface area contributed by atoms with Gasteiger partial charge in [-0.05, 0) is 42.4 Å². The van der Waals surface area contributed by atoms with Crippen molar-refractivity contribution in [1.82, 2.24) is 24.5 Å². The molecule has 31 heavy (non-hydrogen) atoms. The minimum Gasteiger partial charge on any atom is -0.394 e. The Balaban J connectivity index is 1.31. The van der Waals surface area contributed by atoms with E-state index in [4.69, 9.17) is 0 Å². The van der Waals surface area contributed by atoms with Crippen molar-refractivity contribution in [2.24, 2.45) is 5.92 Å². The third kappa shape index (κ3) is 4.28. The lowest BCUT2D eigenvalue weighted by molar-refractivity contribution is 0.148. The summed E-state index contributed by atoms with van der Waals surface area (Å²) < 4.78 is 27.7. The van der Waals surface area contributed by atoms with Crippen molar-refractivity contribution in [2.75, 3.05) is 32.8 Å². The number of carbonyl (C=O) groups excluding carboxylic acids is 1. The molecule has 2 fully saturated rings. The minimum atomic E-state index is -3.43. The average Bonchev–Trinajstić information content (AvgIpc) is 3.14. The standard InChI is InChI=1S/C21H31N5O4S/c1-14(2)19(13-27)24-21(28)25-11-16(12-25)31(29,30)26-8-5-15(6-9-26)18-10-23-20-17(18)4-3-7-22-20/h3-4,7,10,14-16,19,27H,5-6,8-9,11-13H2,1-2H3,(H,22,23)(H,24,28)/t19-/m0/s1. The van der Waals surface area contributed by atoms with Crippen LogP contribution in [0.5, 0.6) is 0 Å². The highest BCUT2D eigenvalue weighted by Gasteiger charge is 2.44. The monoisotopic (exact) mass is 449 g/mol. The molecule has 2 amide bonds. The van der Waals surface area contributed by atoms with Gasteiger partial charge >= 0.3 is 6.03 Å². The van der Waals surface area contributed by atoms with E-state index in [-0.39, 0.29) is 37.7 Å². The van der Waals surface area contributed by atoms with E-state index in [0.717, 1.165) is 23.9 Å². The van der Waals surface area contributed by atoms with Gasteiger partial charge in [-0.25, -0.2) is 22.5 Å².